The lowest BCUT2D eigenvalue weighted by Crippen LogP contribution is -2.71. The lowest BCUT2D eigenvalue weighted by molar-refractivity contribution is -0.473. The fourth-order valence-electron chi connectivity index (χ4n) is 1.87. The van der Waals surface area contributed by atoms with Gasteiger partial charge >= 0.3 is 48.9 Å². The molecule has 2 nitrogen and oxygen atoms in total. The van der Waals surface area contributed by atoms with Crippen LogP contribution in [0.25, 0.3) is 0 Å². The molecule has 1 fully saturated rings. The molecular weight excluding hydrogens is 447 g/mol. The standard InChI is InChI=1S/C8HF17N2/c9-1(10)2(11,12)26-4(15,16)3(13,14)5(17,18)27(8(23,24)25)7(21,22)6(26,19)20/h1H. The van der Waals surface area contributed by atoms with Crippen LogP contribution in [-0.2, 0) is 0 Å². The van der Waals surface area contributed by atoms with Gasteiger partial charge in [0.05, 0.1) is 0 Å². The summed E-state index contributed by atoms with van der Waals surface area (Å²) in [7, 11) is 0. The van der Waals surface area contributed by atoms with Gasteiger partial charge in [0.1, 0.15) is 0 Å². The summed E-state index contributed by atoms with van der Waals surface area (Å²) in [4.78, 5) is -8.75. The average Bonchev–Trinajstić information content (AvgIpc) is 2.34. The largest absolute Gasteiger partial charge is 0.469 e. The van der Waals surface area contributed by atoms with Crippen LogP contribution in [0.2, 0.25) is 0 Å². The van der Waals surface area contributed by atoms with Gasteiger partial charge in [-0.2, -0.15) is 65.9 Å². The fourth-order valence-corrected chi connectivity index (χ4v) is 1.87. The normalized spacial score (nSPS) is 28.2. The number of hydrogen-bond acceptors (Lipinski definition) is 2. The maximum absolute atomic E-state index is 13.4. The first kappa shape index (κ1) is 23.8. The van der Waals surface area contributed by atoms with Crippen LogP contribution >= 0.6 is 0 Å². The second kappa shape index (κ2) is 5.63. The molecule has 0 atom stereocenters. The summed E-state index contributed by atoms with van der Waals surface area (Å²) in [6.07, 6.45) is -13.6. The highest BCUT2D eigenvalue weighted by Crippen LogP contribution is 2.64. The first-order valence-corrected chi connectivity index (χ1v) is 5.65. The van der Waals surface area contributed by atoms with Crippen molar-refractivity contribution in [2.24, 2.45) is 0 Å². The van der Waals surface area contributed by atoms with Crippen LogP contribution in [0.1, 0.15) is 0 Å². The summed E-state index contributed by atoms with van der Waals surface area (Å²) in [5, 5.41) is 0. The molecule has 0 radical (unpaired) electrons. The third-order valence-corrected chi connectivity index (χ3v) is 3.05. The van der Waals surface area contributed by atoms with Gasteiger partial charge in [-0.3, -0.25) is 0 Å². The first-order chi connectivity index (χ1) is 11.4. The van der Waals surface area contributed by atoms with Gasteiger partial charge in [0, 0.05) is 0 Å². The number of nitrogens with zero attached hydrogens (tertiary/aromatic N) is 2. The Bertz CT molecular complexity index is 576. The highest BCUT2D eigenvalue weighted by atomic mass is 19.4. The monoisotopic (exact) mass is 448 g/mol. The van der Waals surface area contributed by atoms with Gasteiger partial charge in [-0.15, -0.1) is 4.90 Å². The Labute approximate surface area is 135 Å². The Morgan fingerprint density at radius 2 is 0.815 bits per heavy atom. The molecule has 0 N–H and O–H groups in total. The van der Waals surface area contributed by atoms with Crippen LogP contribution in [0.15, 0.2) is 0 Å². The smallest absolute Gasteiger partial charge is 0.202 e. The van der Waals surface area contributed by atoms with Crippen LogP contribution in [0.5, 0.6) is 0 Å². The van der Waals surface area contributed by atoms with Gasteiger partial charge in [-0.05, 0) is 0 Å². The summed E-state index contributed by atoms with van der Waals surface area (Å²) >= 11 is 0. The molecule has 1 aliphatic rings. The lowest BCUT2D eigenvalue weighted by Gasteiger charge is -2.42. The topological polar surface area (TPSA) is 6.48 Å². The third-order valence-electron chi connectivity index (χ3n) is 3.05. The molecule has 0 saturated carbocycles. The summed E-state index contributed by atoms with van der Waals surface area (Å²) in [6.45, 7) is 0. The molecule has 0 amide bonds. The van der Waals surface area contributed by atoms with Crippen molar-refractivity contribution in [1.29, 1.82) is 0 Å². The van der Waals surface area contributed by atoms with E-state index in [2.05, 4.69) is 0 Å². The van der Waals surface area contributed by atoms with Crippen molar-refractivity contribution in [2.75, 3.05) is 0 Å². The molecule has 0 spiro atoms. The molecule has 0 aromatic heterocycles. The number of hydrogen-bond donors (Lipinski definition) is 0. The molecule has 162 valence electrons. The SMILES string of the molecule is FC(F)C(F)(F)N1C(F)(F)C(F)(F)N(C(F)(F)F)C(F)(F)C(F)(F)C1(F)F. The minimum absolute atomic E-state index is 4.35. The molecule has 0 aliphatic carbocycles. The van der Waals surface area contributed by atoms with Gasteiger partial charge in [0.15, 0.2) is 0 Å². The summed E-state index contributed by atoms with van der Waals surface area (Å²) < 4.78 is 220. The minimum atomic E-state index is -8.10. The van der Waals surface area contributed by atoms with Gasteiger partial charge in [0.25, 0.3) is 0 Å². The summed E-state index contributed by atoms with van der Waals surface area (Å²) in [5.74, 6) is -8.10. The second-order valence-electron chi connectivity index (χ2n) is 4.77. The van der Waals surface area contributed by atoms with Crippen molar-refractivity contribution in [1.82, 2.24) is 9.80 Å². The Balaban J connectivity index is 4.10. The van der Waals surface area contributed by atoms with Crippen molar-refractivity contribution in [3.63, 3.8) is 0 Å². The first-order valence-electron chi connectivity index (χ1n) is 5.65. The Morgan fingerprint density at radius 1 is 0.519 bits per heavy atom. The van der Waals surface area contributed by atoms with E-state index in [1.165, 1.54) is 0 Å². The molecule has 27 heavy (non-hydrogen) atoms. The van der Waals surface area contributed by atoms with Crippen molar-refractivity contribution >= 4 is 0 Å². The molecule has 0 bridgehead atoms. The maximum atomic E-state index is 13.4. The quantitative estimate of drug-likeness (QED) is 0.434. The van der Waals surface area contributed by atoms with E-state index in [0.717, 1.165) is 0 Å². The zero-order chi connectivity index (χ0) is 22.2. The highest BCUT2D eigenvalue weighted by Gasteiger charge is 2.94. The Kier molecular flexibility index (Phi) is 4.96. The molecular formula is C8HF17N2. The van der Waals surface area contributed by atoms with Crippen LogP contribution in [0.3, 0.4) is 0 Å². The summed E-state index contributed by atoms with van der Waals surface area (Å²) in [6, 6.07) is -39.5. The van der Waals surface area contributed by atoms with E-state index in [-0.39, 0.29) is 0 Å². The molecule has 0 unspecified atom stereocenters. The van der Waals surface area contributed by atoms with Crippen LogP contribution < -0.4 is 0 Å². The van der Waals surface area contributed by atoms with Gasteiger partial charge in [-0.25, -0.2) is 8.78 Å². The van der Waals surface area contributed by atoms with Crippen molar-refractivity contribution in [3.05, 3.63) is 0 Å². The predicted octanol–water partition coefficient (Wildman–Crippen LogP) is 4.99. The van der Waals surface area contributed by atoms with E-state index in [9.17, 15) is 74.6 Å². The molecule has 0 aromatic carbocycles. The van der Waals surface area contributed by atoms with E-state index < -0.39 is 58.7 Å². The van der Waals surface area contributed by atoms with E-state index >= 15 is 0 Å². The molecule has 1 aliphatic heterocycles. The van der Waals surface area contributed by atoms with Gasteiger partial charge < -0.3 is 0 Å². The molecule has 19 heteroatoms. The van der Waals surface area contributed by atoms with Crippen molar-refractivity contribution in [2.45, 2.75) is 48.9 Å². The van der Waals surface area contributed by atoms with E-state index in [1.807, 2.05) is 0 Å². The van der Waals surface area contributed by atoms with Crippen LogP contribution in [0.4, 0.5) is 74.6 Å². The Hall–Kier alpha value is -1.27. The zero-order valence-electron chi connectivity index (χ0n) is 11.4. The van der Waals surface area contributed by atoms with E-state index in [1.54, 1.807) is 0 Å². The van der Waals surface area contributed by atoms with Gasteiger partial charge in [-0.1, -0.05) is 4.90 Å². The number of rotatable bonds is 2. The van der Waals surface area contributed by atoms with Crippen LogP contribution in [-0.4, -0.2) is 58.7 Å². The van der Waals surface area contributed by atoms with E-state index in [0.29, 0.717) is 0 Å². The average molecular weight is 448 g/mol. The maximum Gasteiger partial charge on any atom is 0.469 e. The lowest BCUT2D eigenvalue weighted by atomic mass is 10.2. The van der Waals surface area contributed by atoms with Crippen LogP contribution in [0, 0.1) is 0 Å². The second-order valence-corrected chi connectivity index (χ2v) is 4.77. The predicted molar refractivity (Wildman–Crippen MR) is 45.4 cm³/mol. The van der Waals surface area contributed by atoms with E-state index in [4.69, 9.17) is 0 Å². The van der Waals surface area contributed by atoms with Gasteiger partial charge in [0.2, 0.25) is 0 Å². The Morgan fingerprint density at radius 3 is 1.11 bits per heavy atom. The number of alkyl halides is 17. The molecule has 1 heterocycles. The fraction of sp³-hybridized carbons (Fsp3) is 1.00. The third kappa shape index (κ3) is 2.79. The highest BCUT2D eigenvalue weighted by molar-refractivity contribution is 5.09. The zero-order valence-corrected chi connectivity index (χ0v) is 11.4. The minimum Gasteiger partial charge on any atom is -0.202 e. The molecule has 1 saturated heterocycles. The number of halogens is 17. The summed E-state index contributed by atoms with van der Waals surface area (Å²) in [5.41, 5.74) is 0. The van der Waals surface area contributed by atoms with Crippen molar-refractivity contribution < 1.29 is 74.6 Å². The molecule has 0 aromatic rings. The van der Waals surface area contributed by atoms with Crippen molar-refractivity contribution in [3.8, 4) is 0 Å². The molecule has 1 rings (SSSR count).